The van der Waals surface area contributed by atoms with Gasteiger partial charge < -0.3 is 5.11 Å². The molecule has 2 aromatic carbocycles. The number of aliphatic hydroxyl groups is 1. The zero-order valence-corrected chi connectivity index (χ0v) is 14.8. The van der Waals surface area contributed by atoms with Gasteiger partial charge in [-0.25, -0.2) is 0 Å². The SMILES string of the molecule is CCC[C@H](c1ccc(Cl)c(Cl)c1)[C@H](O)c1cccc(Br)c1. The van der Waals surface area contributed by atoms with Crippen LogP contribution in [0.2, 0.25) is 10.0 Å². The lowest BCUT2D eigenvalue weighted by Gasteiger charge is -2.24. The van der Waals surface area contributed by atoms with Crippen LogP contribution in [-0.4, -0.2) is 5.11 Å². The van der Waals surface area contributed by atoms with E-state index < -0.39 is 6.10 Å². The molecule has 21 heavy (non-hydrogen) atoms. The first-order chi connectivity index (χ1) is 10.0. The van der Waals surface area contributed by atoms with Crippen molar-refractivity contribution in [3.63, 3.8) is 0 Å². The van der Waals surface area contributed by atoms with E-state index in [2.05, 4.69) is 22.9 Å². The molecule has 0 saturated heterocycles. The van der Waals surface area contributed by atoms with Crippen molar-refractivity contribution in [2.24, 2.45) is 0 Å². The summed E-state index contributed by atoms with van der Waals surface area (Å²) in [5, 5.41) is 11.8. The second-order valence-corrected chi connectivity index (χ2v) is 6.80. The smallest absolute Gasteiger partial charge is 0.0858 e. The van der Waals surface area contributed by atoms with E-state index in [1.54, 1.807) is 6.07 Å². The summed E-state index contributed by atoms with van der Waals surface area (Å²) in [6.07, 6.45) is 1.29. The Morgan fingerprint density at radius 2 is 1.81 bits per heavy atom. The highest BCUT2D eigenvalue weighted by Gasteiger charge is 2.22. The van der Waals surface area contributed by atoms with E-state index in [-0.39, 0.29) is 5.92 Å². The van der Waals surface area contributed by atoms with Crippen molar-refractivity contribution in [2.45, 2.75) is 31.8 Å². The number of aliphatic hydroxyl groups excluding tert-OH is 1. The van der Waals surface area contributed by atoms with Crippen molar-refractivity contribution in [1.82, 2.24) is 0 Å². The van der Waals surface area contributed by atoms with Crippen molar-refractivity contribution in [1.29, 1.82) is 0 Å². The van der Waals surface area contributed by atoms with Gasteiger partial charge in [0.15, 0.2) is 0 Å². The summed E-state index contributed by atoms with van der Waals surface area (Å²) in [6, 6.07) is 13.3. The second-order valence-electron chi connectivity index (χ2n) is 5.07. The summed E-state index contributed by atoms with van der Waals surface area (Å²) in [6.45, 7) is 2.11. The van der Waals surface area contributed by atoms with Crippen LogP contribution >= 0.6 is 39.1 Å². The van der Waals surface area contributed by atoms with Gasteiger partial charge >= 0.3 is 0 Å². The number of hydrogen-bond acceptors (Lipinski definition) is 1. The third-order valence-corrected chi connectivity index (χ3v) is 4.78. The van der Waals surface area contributed by atoms with Crippen molar-refractivity contribution < 1.29 is 5.11 Å². The van der Waals surface area contributed by atoms with E-state index in [0.29, 0.717) is 10.0 Å². The maximum atomic E-state index is 10.8. The summed E-state index contributed by atoms with van der Waals surface area (Å²) in [4.78, 5) is 0. The molecule has 0 heterocycles. The first-order valence-corrected chi connectivity index (χ1v) is 8.46. The summed E-state index contributed by atoms with van der Waals surface area (Å²) in [5.74, 6) is -0.000864. The van der Waals surface area contributed by atoms with Crippen LogP contribution in [0.5, 0.6) is 0 Å². The molecule has 0 amide bonds. The molecule has 112 valence electrons. The predicted molar refractivity (Wildman–Crippen MR) is 93.2 cm³/mol. The molecule has 0 aliphatic heterocycles. The van der Waals surface area contributed by atoms with E-state index in [1.165, 1.54) is 0 Å². The summed E-state index contributed by atoms with van der Waals surface area (Å²) in [5.41, 5.74) is 1.91. The molecule has 0 saturated carbocycles. The van der Waals surface area contributed by atoms with Crippen LogP contribution < -0.4 is 0 Å². The minimum Gasteiger partial charge on any atom is -0.388 e. The van der Waals surface area contributed by atoms with Crippen LogP contribution in [-0.2, 0) is 0 Å². The lowest BCUT2D eigenvalue weighted by atomic mass is 9.86. The Labute approximate surface area is 144 Å². The maximum Gasteiger partial charge on any atom is 0.0858 e. The number of halogens is 3. The van der Waals surface area contributed by atoms with E-state index >= 15 is 0 Å². The lowest BCUT2D eigenvalue weighted by Crippen LogP contribution is -2.11. The third kappa shape index (κ3) is 4.23. The molecule has 0 aliphatic carbocycles. The molecule has 1 nitrogen and oxygen atoms in total. The van der Waals surface area contributed by atoms with E-state index in [1.807, 2.05) is 36.4 Å². The molecule has 2 aromatic rings. The Kier molecular flexibility index (Phi) is 6.12. The topological polar surface area (TPSA) is 20.2 Å². The zero-order valence-electron chi connectivity index (χ0n) is 11.7. The fourth-order valence-electron chi connectivity index (χ4n) is 2.48. The Balaban J connectivity index is 2.35. The molecule has 1 N–H and O–H groups in total. The van der Waals surface area contributed by atoms with Gasteiger partial charge in [-0.15, -0.1) is 0 Å². The predicted octanol–water partition coefficient (Wildman–Crippen LogP) is 6.37. The number of rotatable bonds is 5. The average molecular weight is 388 g/mol. The number of hydrogen-bond donors (Lipinski definition) is 1. The van der Waals surface area contributed by atoms with Gasteiger partial charge in [0.25, 0.3) is 0 Å². The summed E-state index contributed by atoms with van der Waals surface area (Å²) in [7, 11) is 0. The van der Waals surface area contributed by atoms with Crippen molar-refractivity contribution in [2.75, 3.05) is 0 Å². The van der Waals surface area contributed by atoms with Gasteiger partial charge in [0.2, 0.25) is 0 Å². The van der Waals surface area contributed by atoms with Gasteiger partial charge in [0.05, 0.1) is 16.1 Å². The molecule has 2 rings (SSSR count). The molecular formula is C17H17BrCl2O. The molecule has 2 atom stereocenters. The van der Waals surface area contributed by atoms with Gasteiger partial charge in [0, 0.05) is 10.4 Å². The molecule has 0 unspecified atom stereocenters. The van der Waals surface area contributed by atoms with Crippen LogP contribution in [0, 0.1) is 0 Å². The van der Waals surface area contributed by atoms with Crippen LogP contribution in [0.25, 0.3) is 0 Å². The Morgan fingerprint density at radius 3 is 2.43 bits per heavy atom. The third-order valence-electron chi connectivity index (χ3n) is 3.54. The Hall–Kier alpha value is -0.540. The van der Waals surface area contributed by atoms with Gasteiger partial charge in [-0.3, -0.25) is 0 Å². The van der Waals surface area contributed by atoms with Crippen molar-refractivity contribution in [3.8, 4) is 0 Å². The van der Waals surface area contributed by atoms with Crippen LogP contribution in [0.1, 0.15) is 42.9 Å². The largest absolute Gasteiger partial charge is 0.388 e. The Morgan fingerprint density at radius 1 is 1.05 bits per heavy atom. The van der Waals surface area contributed by atoms with E-state index in [4.69, 9.17) is 23.2 Å². The molecule has 0 aromatic heterocycles. The molecule has 0 bridgehead atoms. The highest BCUT2D eigenvalue weighted by Crippen LogP contribution is 2.37. The monoisotopic (exact) mass is 386 g/mol. The Bertz CT molecular complexity index is 615. The quantitative estimate of drug-likeness (QED) is 0.631. The average Bonchev–Trinajstić information content (AvgIpc) is 2.47. The van der Waals surface area contributed by atoms with Crippen molar-refractivity contribution in [3.05, 3.63) is 68.1 Å². The van der Waals surface area contributed by atoms with Crippen LogP contribution in [0.4, 0.5) is 0 Å². The molecule has 4 heteroatoms. The van der Waals surface area contributed by atoms with Gasteiger partial charge in [-0.2, -0.15) is 0 Å². The second kappa shape index (κ2) is 7.64. The van der Waals surface area contributed by atoms with Gasteiger partial charge in [-0.1, -0.05) is 70.7 Å². The summed E-state index contributed by atoms with van der Waals surface area (Å²) < 4.78 is 0.962. The maximum absolute atomic E-state index is 10.8. The standard InChI is InChI=1S/C17H17BrCl2O/c1-2-4-14(11-7-8-15(19)16(20)10-11)17(21)12-5-3-6-13(18)9-12/h3,5-10,14,17,21H,2,4H2,1H3/t14-,17-/m1/s1. The van der Waals surface area contributed by atoms with E-state index in [0.717, 1.165) is 28.4 Å². The normalized spacial score (nSPS) is 14.0. The van der Waals surface area contributed by atoms with Crippen LogP contribution in [0.3, 0.4) is 0 Å². The first kappa shape index (κ1) is 16.8. The minimum atomic E-state index is -0.570. The highest BCUT2D eigenvalue weighted by molar-refractivity contribution is 9.10. The molecular weight excluding hydrogens is 371 g/mol. The highest BCUT2D eigenvalue weighted by atomic mass is 79.9. The fraction of sp³-hybridized carbons (Fsp3) is 0.294. The van der Waals surface area contributed by atoms with Gasteiger partial charge in [0.1, 0.15) is 0 Å². The minimum absolute atomic E-state index is 0.000864. The van der Waals surface area contributed by atoms with Crippen LogP contribution in [0.15, 0.2) is 46.9 Å². The zero-order chi connectivity index (χ0) is 15.4. The molecule has 0 fully saturated rings. The number of benzene rings is 2. The molecule has 0 aliphatic rings. The van der Waals surface area contributed by atoms with Crippen molar-refractivity contribution >= 4 is 39.1 Å². The summed E-state index contributed by atoms with van der Waals surface area (Å²) >= 11 is 15.5. The molecule has 0 spiro atoms. The lowest BCUT2D eigenvalue weighted by molar-refractivity contribution is 0.140. The van der Waals surface area contributed by atoms with E-state index in [9.17, 15) is 5.11 Å². The fourth-order valence-corrected chi connectivity index (χ4v) is 3.21. The van der Waals surface area contributed by atoms with Gasteiger partial charge in [-0.05, 0) is 41.8 Å². The molecule has 0 radical (unpaired) electrons. The first-order valence-electron chi connectivity index (χ1n) is 6.91.